The largest absolute Gasteiger partial charge is 0.396 e. The lowest BCUT2D eigenvalue weighted by molar-refractivity contribution is 0.100. The fourth-order valence-electron chi connectivity index (χ4n) is 2.40. The van der Waals surface area contributed by atoms with Crippen LogP contribution in [0, 0.1) is 5.92 Å². The van der Waals surface area contributed by atoms with Crippen molar-refractivity contribution in [2.24, 2.45) is 11.7 Å². The molecule has 0 aliphatic carbocycles. The summed E-state index contributed by atoms with van der Waals surface area (Å²) in [6.45, 7) is 1.93. The zero-order valence-corrected chi connectivity index (χ0v) is 10.3. The second-order valence-corrected chi connectivity index (χ2v) is 4.72. The summed E-state index contributed by atoms with van der Waals surface area (Å²) in [6, 6.07) is 5.34. The molecule has 0 bridgehead atoms. The summed E-state index contributed by atoms with van der Waals surface area (Å²) in [5, 5.41) is 9.11. The van der Waals surface area contributed by atoms with E-state index in [1.165, 1.54) is 0 Å². The molecule has 98 valence electrons. The number of primary amides is 1. The predicted molar refractivity (Wildman–Crippen MR) is 71.4 cm³/mol. The first-order valence-electron chi connectivity index (χ1n) is 6.17. The maximum absolute atomic E-state index is 11.2. The Balaban J connectivity index is 2.19. The standard InChI is InChI=1S/C13H19N3O2/c14-12-10(13(15)18)2-1-3-11(12)16-6-4-9(8-17)5-7-16/h1-3,9,17H,4-8,14H2,(H2,15,18). The van der Waals surface area contributed by atoms with E-state index in [1.54, 1.807) is 12.1 Å². The molecule has 2 rings (SSSR count). The van der Waals surface area contributed by atoms with Crippen LogP contribution in [0.15, 0.2) is 18.2 Å². The minimum atomic E-state index is -0.500. The van der Waals surface area contributed by atoms with Crippen LogP contribution >= 0.6 is 0 Å². The van der Waals surface area contributed by atoms with Gasteiger partial charge in [-0.2, -0.15) is 0 Å². The molecule has 5 N–H and O–H groups in total. The van der Waals surface area contributed by atoms with Crippen molar-refractivity contribution in [2.45, 2.75) is 12.8 Å². The normalized spacial score (nSPS) is 16.8. The van der Waals surface area contributed by atoms with Crippen LogP contribution in [0.25, 0.3) is 0 Å². The molecular weight excluding hydrogens is 230 g/mol. The zero-order chi connectivity index (χ0) is 13.1. The number of amides is 1. The van der Waals surface area contributed by atoms with Gasteiger partial charge in [-0.15, -0.1) is 0 Å². The van der Waals surface area contributed by atoms with Crippen LogP contribution in [-0.4, -0.2) is 30.7 Å². The van der Waals surface area contributed by atoms with Crippen molar-refractivity contribution in [1.82, 2.24) is 0 Å². The van der Waals surface area contributed by atoms with Crippen LogP contribution in [0.5, 0.6) is 0 Å². The van der Waals surface area contributed by atoms with Gasteiger partial charge in [0.25, 0.3) is 5.91 Å². The molecular formula is C13H19N3O2. The first kappa shape index (κ1) is 12.7. The fourth-order valence-corrected chi connectivity index (χ4v) is 2.40. The van der Waals surface area contributed by atoms with Crippen molar-refractivity contribution in [3.8, 4) is 0 Å². The van der Waals surface area contributed by atoms with Gasteiger partial charge < -0.3 is 21.5 Å². The average Bonchev–Trinajstić information content (AvgIpc) is 2.39. The van der Waals surface area contributed by atoms with E-state index in [0.717, 1.165) is 31.6 Å². The molecule has 0 aromatic heterocycles. The number of nitrogens with two attached hydrogens (primary N) is 2. The van der Waals surface area contributed by atoms with E-state index in [4.69, 9.17) is 16.6 Å². The minimum Gasteiger partial charge on any atom is -0.396 e. The third kappa shape index (κ3) is 2.41. The first-order valence-corrected chi connectivity index (χ1v) is 6.17. The van der Waals surface area contributed by atoms with Crippen LogP contribution in [0.2, 0.25) is 0 Å². The van der Waals surface area contributed by atoms with E-state index in [-0.39, 0.29) is 6.61 Å². The quantitative estimate of drug-likeness (QED) is 0.683. The number of nitrogens with zero attached hydrogens (tertiary/aromatic N) is 1. The highest BCUT2D eigenvalue weighted by molar-refractivity contribution is 6.00. The van der Waals surface area contributed by atoms with Crippen LogP contribution in [0.3, 0.4) is 0 Å². The Bertz CT molecular complexity index is 440. The lowest BCUT2D eigenvalue weighted by Gasteiger charge is -2.33. The molecule has 1 aliphatic rings. The van der Waals surface area contributed by atoms with E-state index >= 15 is 0 Å². The molecule has 5 heteroatoms. The molecule has 1 heterocycles. The molecule has 1 fully saturated rings. The van der Waals surface area contributed by atoms with Gasteiger partial charge in [-0.05, 0) is 30.9 Å². The Kier molecular flexibility index (Phi) is 3.72. The van der Waals surface area contributed by atoms with Crippen LogP contribution in [0.1, 0.15) is 23.2 Å². The maximum Gasteiger partial charge on any atom is 0.250 e. The number of benzene rings is 1. The van der Waals surface area contributed by atoms with Gasteiger partial charge in [0.1, 0.15) is 0 Å². The van der Waals surface area contributed by atoms with Crippen molar-refractivity contribution in [1.29, 1.82) is 0 Å². The lowest BCUT2D eigenvalue weighted by atomic mass is 9.97. The molecule has 0 radical (unpaired) electrons. The highest BCUT2D eigenvalue weighted by Gasteiger charge is 2.21. The van der Waals surface area contributed by atoms with Crippen molar-refractivity contribution in [2.75, 3.05) is 30.3 Å². The number of anilines is 2. The summed E-state index contributed by atoms with van der Waals surface area (Å²) in [4.78, 5) is 13.4. The smallest absolute Gasteiger partial charge is 0.250 e. The molecule has 0 unspecified atom stereocenters. The monoisotopic (exact) mass is 249 g/mol. The number of carbonyl (C=O) groups excluding carboxylic acids is 1. The molecule has 1 saturated heterocycles. The van der Waals surface area contributed by atoms with E-state index in [1.807, 2.05) is 6.07 Å². The number of hydrogen-bond donors (Lipinski definition) is 3. The highest BCUT2D eigenvalue weighted by Crippen LogP contribution is 2.30. The fraction of sp³-hybridized carbons (Fsp3) is 0.462. The van der Waals surface area contributed by atoms with Gasteiger partial charge in [-0.25, -0.2) is 0 Å². The first-order chi connectivity index (χ1) is 8.63. The molecule has 0 atom stereocenters. The molecule has 0 spiro atoms. The lowest BCUT2D eigenvalue weighted by Crippen LogP contribution is -2.35. The number of aliphatic hydroxyl groups is 1. The Morgan fingerprint density at radius 1 is 1.39 bits per heavy atom. The van der Waals surface area contributed by atoms with Crippen molar-refractivity contribution in [3.05, 3.63) is 23.8 Å². The third-order valence-electron chi connectivity index (χ3n) is 3.56. The predicted octanol–water partition coefficient (Wildman–Crippen LogP) is 0.576. The topological polar surface area (TPSA) is 92.6 Å². The number of para-hydroxylation sites is 1. The molecule has 1 aromatic rings. The third-order valence-corrected chi connectivity index (χ3v) is 3.56. The summed E-state index contributed by atoms with van der Waals surface area (Å²) in [5.74, 6) is -0.124. The van der Waals surface area contributed by atoms with Gasteiger partial charge in [0.15, 0.2) is 0 Å². The van der Waals surface area contributed by atoms with Gasteiger partial charge in [0.05, 0.1) is 16.9 Å². The molecule has 1 amide bonds. The van der Waals surface area contributed by atoms with E-state index in [9.17, 15) is 4.79 Å². The Morgan fingerprint density at radius 2 is 2.06 bits per heavy atom. The maximum atomic E-state index is 11.2. The summed E-state index contributed by atoms with van der Waals surface area (Å²) in [5.41, 5.74) is 13.0. The number of aliphatic hydroxyl groups excluding tert-OH is 1. The minimum absolute atomic E-state index is 0.241. The van der Waals surface area contributed by atoms with E-state index in [2.05, 4.69) is 4.90 Å². The number of carbonyl (C=O) groups is 1. The van der Waals surface area contributed by atoms with Gasteiger partial charge >= 0.3 is 0 Å². The van der Waals surface area contributed by atoms with Gasteiger partial charge in [-0.1, -0.05) is 6.07 Å². The zero-order valence-electron chi connectivity index (χ0n) is 10.3. The molecule has 5 nitrogen and oxygen atoms in total. The summed E-state index contributed by atoms with van der Waals surface area (Å²) in [7, 11) is 0. The van der Waals surface area contributed by atoms with Crippen LogP contribution in [0.4, 0.5) is 11.4 Å². The van der Waals surface area contributed by atoms with Crippen molar-refractivity contribution in [3.63, 3.8) is 0 Å². The Hall–Kier alpha value is -1.75. The SMILES string of the molecule is NC(=O)c1cccc(N2CCC(CO)CC2)c1N. The number of hydrogen-bond acceptors (Lipinski definition) is 4. The Labute approximate surface area is 106 Å². The number of nitrogen functional groups attached to an aromatic ring is 1. The number of rotatable bonds is 3. The number of piperidine rings is 1. The van der Waals surface area contributed by atoms with E-state index in [0.29, 0.717) is 17.2 Å². The van der Waals surface area contributed by atoms with Gasteiger partial charge in [0, 0.05) is 19.7 Å². The van der Waals surface area contributed by atoms with Crippen molar-refractivity contribution < 1.29 is 9.90 Å². The molecule has 1 aliphatic heterocycles. The second-order valence-electron chi connectivity index (χ2n) is 4.72. The molecule has 0 saturated carbocycles. The van der Waals surface area contributed by atoms with Gasteiger partial charge in [0.2, 0.25) is 0 Å². The van der Waals surface area contributed by atoms with Crippen LogP contribution < -0.4 is 16.4 Å². The average molecular weight is 249 g/mol. The van der Waals surface area contributed by atoms with Gasteiger partial charge in [-0.3, -0.25) is 4.79 Å². The summed E-state index contributed by atoms with van der Waals surface area (Å²) >= 11 is 0. The van der Waals surface area contributed by atoms with E-state index < -0.39 is 5.91 Å². The Morgan fingerprint density at radius 3 is 2.61 bits per heavy atom. The van der Waals surface area contributed by atoms with Crippen LogP contribution in [-0.2, 0) is 0 Å². The molecule has 1 aromatic carbocycles. The highest BCUT2D eigenvalue weighted by atomic mass is 16.3. The van der Waals surface area contributed by atoms with Crippen molar-refractivity contribution >= 4 is 17.3 Å². The second kappa shape index (κ2) is 5.27. The summed E-state index contributed by atoms with van der Waals surface area (Å²) < 4.78 is 0. The molecule has 18 heavy (non-hydrogen) atoms. The summed E-state index contributed by atoms with van der Waals surface area (Å²) in [6.07, 6.45) is 1.88.